The number of pyridine rings is 1. The van der Waals surface area contributed by atoms with Crippen LogP contribution in [-0.2, 0) is 0 Å². The molecule has 2 aliphatic rings. The molecule has 108 valence electrons. The summed E-state index contributed by atoms with van der Waals surface area (Å²) in [6.07, 6.45) is 5.42. The van der Waals surface area contributed by atoms with Gasteiger partial charge in [-0.3, -0.25) is 4.79 Å². The number of halogens is 1. The fraction of sp³-hybridized carbons (Fsp3) is 0.625. The molecule has 2 fully saturated rings. The van der Waals surface area contributed by atoms with Crippen molar-refractivity contribution in [3.05, 3.63) is 28.5 Å². The summed E-state index contributed by atoms with van der Waals surface area (Å²) in [6, 6.07) is 3.86. The average molecular weight is 337 g/mol. The highest BCUT2D eigenvalue weighted by Gasteiger charge is 2.59. The summed E-state index contributed by atoms with van der Waals surface area (Å²) in [4.78, 5) is 16.6. The predicted octanol–water partition coefficient (Wildman–Crippen LogP) is 3.79. The Bertz CT molecular complexity index is 535. The molecule has 2 aliphatic carbocycles. The number of carbonyl (C=O) groups is 1. The van der Waals surface area contributed by atoms with Crippen LogP contribution in [0.1, 0.15) is 50.5 Å². The second kappa shape index (κ2) is 4.55. The minimum Gasteiger partial charge on any atom is -0.347 e. The van der Waals surface area contributed by atoms with E-state index in [9.17, 15) is 4.79 Å². The van der Waals surface area contributed by atoms with Crippen LogP contribution in [-0.4, -0.2) is 16.9 Å². The van der Waals surface area contributed by atoms with Crippen LogP contribution in [0.15, 0.2) is 22.8 Å². The number of aromatic nitrogens is 1. The second-order valence-corrected chi connectivity index (χ2v) is 8.10. The van der Waals surface area contributed by atoms with E-state index in [0.29, 0.717) is 5.69 Å². The fourth-order valence-electron chi connectivity index (χ4n) is 4.38. The SMILES string of the molecule is CC12CCC(C1)C(C)(C)C2NC(=O)c1ccc(Br)cn1. The summed E-state index contributed by atoms with van der Waals surface area (Å²) in [6.45, 7) is 6.91. The Morgan fingerprint density at radius 3 is 2.70 bits per heavy atom. The van der Waals surface area contributed by atoms with Gasteiger partial charge in [0.15, 0.2) is 0 Å². The van der Waals surface area contributed by atoms with Crippen molar-refractivity contribution in [3.8, 4) is 0 Å². The molecule has 0 spiro atoms. The quantitative estimate of drug-likeness (QED) is 0.892. The van der Waals surface area contributed by atoms with Crippen molar-refractivity contribution in [2.45, 2.75) is 46.1 Å². The third-order valence-corrected chi connectivity index (χ3v) is 5.97. The van der Waals surface area contributed by atoms with Gasteiger partial charge in [0.25, 0.3) is 5.91 Å². The van der Waals surface area contributed by atoms with Crippen molar-refractivity contribution >= 4 is 21.8 Å². The third kappa shape index (κ3) is 2.09. The minimum atomic E-state index is -0.0515. The van der Waals surface area contributed by atoms with E-state index in [2.05, 4.69) is 47.0 Å². The molecule has 0 saturated heterocycles. The maximum absolute atomic E-state index is 12.4. The molecule has 3 unspecified atom stereocenters. The Kier molecular flexibility index (Phi) is 3.20. The van der Waals surface area contributed by atoms with Gasteiger partial charge in [-0.15, -0.1) is 0 Å². The van der Waals surface area contributed by atoms with Gasteiger partial charge >= 0.3 is 0 Å². The first kappa shape index (κ1) is 14.1. The van der Waals surface area contributed by atoms with Gasteiger partial charge in [-0.05, 0) is 64.1 Å². The van der Waals surface area contributed by atoms with Gasteiger partial charge in [0.1, 0.15) is 5.69 Å². The number of nitrogens with zero attached hydrogens (tertiary/aromatic N) is 1. The number of amides is 1. The summed E-state index contributed by atoms with van der Waals surface area (Å²) in [5, 5.41) is 3.26. The summed E-state index contributed by atoms with van der Waals surface area (Å²) >= 11 is 3.34. The summed E-state index contributed by atoms with van der Waals surface area (Å²) in [5.74, 6) is 0.681. The molecule has 3 atom stereocenters. The second-order valence-electron chi connectivity index (χ2n) is 7.18. The zero-order chi connectivity index (χ0) is 14.5. The van der Waals surface area contributed by atoms with Crippen molar-refractivity contribution in [2.75, 3.05) is 0 Å². The number of rotatable bonds is 2. The van der Waals surface area contributed by atoms with E-state index in [1.807, 2.05) is 6.07 Å². The monoisotopic (exact) mass is 336 g/mol. The van der Waals surface area contributed by atoms with E-state index in [4.69, 9.17) is 0 Å². The molecule has 2 bridgehead atoms. The summed E-state index contributed by atoms with van der Waals surface area (Å²) in [5.41, 5.74) is 0.924. The van der Waals surface area contributed by atoms with Crippen LogP contribution in [0.3, 0.4) is 0 Å². The van der Waals surface area contributed by atoms with Gasteiger partial charge in [-0.25, -0.2) is 4.98 Å². The zero-order valence-corrected chi connectivity index (χ0v) is 13.8. The van der Waals surface area contributed by atoms with Crippen molar-refractivity contribution < 1.29 is 4.79 Å². The van der Waals surface area contributed by atoms with Crippen molar-refractivity contribution in [2.24, 2.45) is 16.7 Å². The molecule has 4 heteroatoms. The predicted molar refractivity (Wildman–Crippen MR) is 82.4 cm³/mol. The fourth-order valence-corrected chi connectivity index (χ4v) is 4.61. The topological polar surface area (TPSA) is 42.0 Å². The highest BCUT2D eigenvalue weighted by molar-refractivity contribution is 9.10. The lowest BCUT2D eigenvalue weighted by Crippen LogP contribution is -2.52. The van der Waals surface area contributed by atoms with Gasteiger partial charge < -0.3 is 5.32 Å². The van der Waals surface area contributed by atoms with E-state index >= 15 is 0 Å². The van der Waals surface area contributed by atoms with Crippen LogP contribution in [0.5, 0.6) is 0 Å². The van der Waals surface area contributed by atoms with E-state index < -0.39 is 0 Å². The highest BCUT2D eigenvalue weighted by atomic mass is 79.9. The number of hydrogen-bond acceptors (Lipinski definition) is 2. The van der Waals surface area contributed by atoms with Crippen LogP contribution in [0.4, 0.5) is 0 Å². The van der Waals surface area contributed by atoms with Crippen LogP contribution >= 0.6 is 15.9 Å². The summed E-state index contributed by atoms with van der Waals surface area (Å²) < 4.78 is 0.890. The molecular formula is C16H21BrN2O. The lowest BCUT2D eigenvalue weighted by Gasteiger charge is -2.43. The van der Waals surface area contributed by atoms with Crippen LogP contribution in [0.25, 0.3) is 0 Å². The molecule has 1 aromatic heterocycles. The number of hydrogen-bond donors (Lipinski definition) is 1. The lowest BCUT2D eigenvalue weighted by molar-refractivity contribution is 0.0733. The molecular weight excluding hydrogens is 316 g/mol. The number of nitrogens with one attached hydrogen (secondary N) is 1. The molecule has 2 saturated carbocycles. The Hall–Kier alpha value is -0.900. The Labute approximate surface area is 128 Å². The van der Waals surface area contributed by atoms with Crippen LogP contribution in [0, 0.1) is 16.7 Å². The van der Waals surface area contributed by atoms with Gasteiger partial charge in [-0.2, -0.15) is 0 Å². The first-order chi connectivity index (χ1) is 9.33. The zero-order valence-electron chi connectivity index (χ0n) is 12.2. The van der Waals surface area contributed by atoms with Crippen molar-refractivity contribution in [3.63, 3.8) is 0 Å². The van der Waals surface area contributed by atoms with Crippen molar-refractivity contribution in [1.29, 1.82) is 0 Å². The molecule has 1 N–H and O–H groups in total. The standard InChI is InChI=1S/C16H21BrN2O/c1-15(2)10-6-7-16(3,8-10)14(15)19-13(20)12-5-4-11(17)9-18-12/h4-5,9-10,14H,6-8H2,1-3H3,(H,19,20). The van der Waals surface area contributed by atoms with Crippen LogP contribution in [0.2, 0.25) is 0 Å². The largest absolute Gasteiger partial charge is 0.347 e. The molecule has 1 heterocycles. The normalized spacial score (nSPS) is 34.2. The number of carbonyl (C=O) groups excluding carboxylic acids is 1. The van der Waals surface area contributed by atoms with Gasteiger partial charge in [0, 0.05) is 16.7 Å². The average Bonchev–Trinajstić information content (AvgIpc) is 2.86. The van der Waals surface area contributed by atoms with E-state index in [1.165, 1.54) is 19.3 Å². The Morgan fingerprint density at radius 2 is 2.15 bits per heavy atom. The molecule has 0 aliphatic heterocycles. The molecule has 1 amide bonds. The van der Waals surface area contributed by atoms with Crippen LogP contribution < -0.4 is 5.32 Å². The highest BCUT2D eigenvalue weighted by Crippen LogP contribution is 2.62. The van der Waals surface area contributed by atoms with E-state index in [-0.39, 0.29) is 22.8 Å². The number of fused-ring (bicyclic) bond motifs is 2. The maximum atomic E-state index is 12.4. The molecule has 3 rings (SSSR count). The lowest BCUT2D eigenvalue weighted by atomic mass is 9.68. The smallest absolute Gasteiger partial charge is 0.270 e. The Morgan fingerprint density at radius 1 is 1.40 bits per heavy atom. The van der Waals surface area contributed by atoms with Gasteiger partial charge in [-0.1, -0.05) is 20.8 Å². The molecule has 0 aromatic carbocycles. The molecule has 20 heavy (non-hydrogen) atoms. The van der Waals surface area contributed by atoms with Gasteiger partial charge in [0.2, 0.25) is 0 Å². The van der Waals surface area contributed by atoms with Crippen molar-refractivity contribution in [1.82, 2.24) is 10.3 Å². The maximum Gasteiger partial charge on any atom is 0.270 e. The summed E-state index contributed by atoms with van der Waals surface area (Å²) in [7, 11) is 0. The third-order valence-electron chi connectivity index (χ3n) is 5.51. The van der Waals surface area contributed by atoms with E-state index in [1.54, 1.807) is 12.3 Å². The molecule has 0 radical (unpaired) electrons. The van der Waals surface area contributed by atoms with E-state index in [0.717, 1.165) is 10.4 Å². The first-order valence-corrected chi connectivity index (χ1v) is 8.05. The Balaban J connectivity index is 1.80. The van der Waals surface area contributed by atoms with Gasteiger partial charge in [0.05, 0.1) is 0 Å². The molecule has 3 nitrogen and oxygen atoms in total. The first-order valence-electron chi connectivity index (χ1n) is 7.25. The molecule has 1 aromatic rings. The minimum absolute atomic E-state index is 0.0515.